The maximum absolute atomic E-state index is 6.25. The Kier molecular flexibility index (Phi) is 9.13. The number of benzene rings is 2. The summed E-state index contributed by atoms with van der Waals surface area (Å²) >= 11 is 6.25. The lowest BCUT2D eigenvalue weighted by Gasteiger charge is -2.32. The number of halogens is 2. The van der Waals surface area contributed by atoms with E-state index in [9.17, 15) is 0 Å². The first-order chi connectivity index (χ1) is 17.4. The number of ether oxygens (including phenoxy) is 1. The van der Waals surface area contributed by atoms with Gasteiger partial charge in [0.2, 0.25) is 0 Å². The molecule has 0 aliphatic carbocycles. The first-order valence-electron chi connectivity index (χ1n) is 12.7. The number of nitrogens with one attached hydrogen (secondary N) is 1. The minimum Gasteiger partial charge on any atom is -0.493 e. The Morgan fingerprint density at radius 2 is 1.89 bits per heavy atom. The molecule has 0 radical (unpaired) electrons. The molecule has 1 fully saturated rings. The van der Waals surface area contributed by atoms with Gasteiger partial charge in [-0.1, -0.05) is 31.5 Å². The van der Waals surface area contributed by atoms with Gasteiger partial charge in [0.15, 0.2) is 11.7 Å². The predicted octanol–water partition coefficient (Wildman–Crippen LogP) is 5.71. The molecular weight excluding hydrogens is 509 g/mol. The maximum atomic E-state index is 6.25. The molecule has 5 rings (SSSR count). The average molecular weight is 545 g/mol. The Balaban J connectivity index is 0.00000320. The minimum atomic E-state index is 0. The van der Waals surface area contributed by atoms with Gasteiger partial charge in [-0.2, -0.15) is 0 Å². The second kappa shape index (κ2) is 12.3. The summed E-state index contributed by atoms with van der Waals surface area (Å²) < 4.78 is 11.8. The van der Waals surface area contributed by atoms with E-state index in [0.29, 0.717) is 41.4 Å². The molecule has 7 nitrogen and oxygen atoms in total. The van der Waals surface area contributed by atoms with Crippen molar-refractivity contribution >= 4 is 35.0 Å². The number of likely N-dealkylation sites (N-methyl/N-ethyl adjacent to an activating group) is 1. The molecule has 0 spiro atoms. The fourth-order valence-corrected chi connectivity index (χ4v) is 4.63. The topological polar surface area (TPSA) is 70.4 Å². The van der Waals surface area contributed by atoms with Crippen LogP contribution in [-0.4, -0.2) is 71.1 Å². The molecule has 1 aliphatic rings. The zero-order valence-electron chi connectivity index (χ0n) is 21.7. The number of rotatable bonds is 9. The number of hydrogen-bond donors (Lipinski definition) is 1. The summed E-state index contributed by atoms with van der Waals surface area (Å²) in [6.07, 6.45) is 3.17. The largest absolute Gasteiger partial charge is 0.493 e. The lowest BCUT2D eigenvalue weighted by atomic mass is 10.1. The third-order valence-corrected chi connectivity index (χ3v) is 6.82. The monoisotopic (exact) mass is 543 g/mol. The number of fused-ring (bicyclic) bond motifs is 1. The zero-order valence-corrected chi connectivity index (χ0v) is 23.2. The van der Waals surface area contributed by atoms with Crippen molar-refractivity contribution in [2.75, 3.05) is 46.4 Å². The first kappa shape index (κ1) is 27.5. The quantitative estimate of drug-likeness (QED) is 0.291. The van der Waals surface area contributed by atoms with Gasteiger partial charge in [-0.05, 0) is 55.3 Å². The highest BCUT2D eigenvalue weighted by atomic mass is 35.5. The van der Waals surface area contributed by atoms with Crippen molar-refractivity contribution in [3.63, 3.8) is 0 Å². The Labute approximate surface area is 229 Å². The van der Waals surface area contributed by atoms with Crippen LogP contribution in [-0.2, 0) is 12.8 Å². The molecule has 0 atom stereocenters. The van der Waals surface area contributed by atoms with E-state index in [2.05, 4.69) is 53.9 Å². The Hall–Kier alpha value is -2.58. The van der Waals surface area contributed by atoms with Crippen LogP contribution in [0.4, 0.5) is 0 Å². The van der Waals surface area contributed by atoms with E-state index in [-0.39, 0.29) is 12.4 Å². The molecule has 198 valence electrons. The van der Waals surface area contributed by atoms with Crippen LogP contribution in [0.1, 0.15) is 30.9 Å². The van der Waals surface area contributed by atoms with Crippen LogP contribution >= 0.6 is 24.0 Å². The highest BCUT2D eigenvalue weighted by molar-refractivity contribution is 6.30. The van der Waals surface area contributed by atoms with Crippen LogP contribution in [0.5, 0.6) is 5.75 Å². The Morgan fingerprint density at radius 1 is 1.08 bits per heavy atom. The SMILES string of the molecule is CC(C)COc1ccc(Cl)cc1Cc1nc(-c2nc3ccc(CCN4CCN(C)CC4)cc3[nH]2)co1.Cl. The van der Waals surface area contributed by atoms with Crippen LogP contribution in [0, 0.1) is 5.92 Å². The molecule has 0 amide bonds. The van der Waals surface area contributed by atoms with E-state index in [1.54, 1.807) is 6.26 Å². The van der Waals surface area contributed by atoms with Gasteiger partial charge in [0, 0.05) is 43.3 Å². The van der Waals surface area contributed by atoms with Crippen molar-refractivity contribution in [2.24, 2.45) is 5.92 Å². The van der Waals surface area contributed by atoms with Gasteiger partial charge < -0.3 is 23.9 Å². The van der Waals surface area contributed by atoms with E-state index in [4.69, 9.17) is 30.7 Å². The van der Waals surface area contributed by atoms with Crippen LogP contribution in [0.2, 0.25) is 5.02 Å². The summed E-state index contributed by atoms with van der Waals surface area (Å²) in [6.45, 7) is 10.5. The molecule has 1 aliphatic heterocycles. The molecule has 0 unspecified atom stereocenters. The third kappa shape index (κ3) is 7.05. The molecule has 0 saturated carbocycles. The van der Waals surface area contributed by atoms with Crippen LogP contribution in [0.3, 0.4) is 0 Å². The van der Waals surface area contributed by atoms with Crippen LogP contribution in [0.25, 0.3) is 22.6 Å². The third-order valence-electron chi connectivity index (χ3n) is 6.59. The smallest absolute Gasteiger partial charge is 0.199 e. The normalized spacial score (nSPS) is 14.8. The molecule has 1 N–H and O–H groups in total. The molecule has 1 saturated heterocycles. The van der Waals surface area contributed by atoms with Gasteiger partial charge in [-0.3, -0.25) is 0 Å². The minimum absolute atomic E-state index is 0. The van der Waals surface area contributed by atoms with Gasteiger partial charge in [0.25, 0.3) is 0 Å². The standard InChI is InChI=1S/C28H34ClN5O2.ClH/c1-19(2)17-35-26-7-5-22(29)15-21(26)16-27-30-25(18-36-27)28-31-23-6-4-20(14-24(23)32-28)8-9-34-12-10-33(3)11-13-34;/h4-7,14-15,18-19H,8-13,16-17H2,1-3H3,(H,31,32);1H. The molecule has 3 heterocycles. The summed E-state index contributed by atoms with van der Waals surface area (Å²) in [5.41, 5.74) is 4.90. The van der Waals surface area contributed by atoms with Crippen molar-refractivity contribution in [3.8, 4) is 17.3 Å². The van der Waals surface area contributed by atoms with E-state index >= 15 is 0 Å². The van der Waals surface area contributed by atoms with E-state index in [0.717, 1.165) is 61.5 Å². The molecule has 4 aromatic rings. The summed E-state index contributed by atoms with van der Waals surface area (Å²) in [5, 5.41) is 0.661. The average Bonchev–Trinajstić information content (AvgIpc) is 3.49. The number of nitrogens with zero attached hydrogens (tertiary/aromatic N) is 4. The molecule has 2 aromatic carbocycles. The van der Waals surface area contributed by atoms with E-state index < -0.39 is 0 Å². The number of hydrogen-bond acceptors (Lipinski definition) is 6. The molecule has 0 bridgehead atoms. The zero-order chi connectivity index (χ0) is 25.1. The number of aromatic amines is 1. The van der Waals surface area contributed by atoms with Gasteiger partial charge in [-0.15, -0.1) is 12.4 Å². The number of oxazole rings is 1. The molecular formula is C28H35Cl2N5O2. The molecule has 37 heavy (non-hydrogen) atoms. The number of H-pyrrole nitrogens is 1. The second-order valence-electron chi connectivity index (χ2n) is 10.1. The lowest BCUT2D eigenvalue weighted by molar-refractivity contribution is 0.155. The van der Waals surface area contributed by atoms with Crippen LogP contribution < -0.4 is 4.74 Å². The van der Waals surface area contributed by atoms with E-state index in [1.165, 1.54) is 5.56 Å². The van der Waals surface area contributed by atoms with Gasteiger partial charge in [0.05, 0.1) is 24.1 Å². The maximum Gasteiger partial charge on any atom is 0.199 e. The van der Waals surface area contributed by atoms with Crippen LogP contribution in [0.15, 0.2) is 47.1 Å². The first-order valence-corrected chi connectivity index (χ1v) is 13.1. The highest BCUT2D eigenvalue weighted by Gasteiger charge is 2.16. The second-order valence-corrected chi connectivity index (χ2v) is 10.5. The summed E-state index contributed by atoms with van der Waals surface area (Å²) in [5.74, 6) is 2.54. The summed E-state index contributed by atoms with van der Waals surface area (Å²) in [6, 6.07) is 12.1. The fraction of sp³-hybridized carbons (Fsp3) is 0.429. The van der Waals surface area contributed by atoms with Crippen molar-refractivity contribution in [1.29, 1.82) is 0 Å². The van der Waals surface area contributed by atoms with Gasteiger partial charge in [-0.25, -0.2) is 9.97 Å². The van der Waals surface area contributed by atoms with Crippen molar-refractivity contribution in [3.05, 3.63) is 64.7 Å². The molecule has 9 heteroatoms. The van der Waals surface area contributed by atoms with Gasteiger partial charge in [0.1, 0.15) is 17.7 Å². The lowest BCUT2D eigenvalue weighted by Crippen LogP contribution is -2.45. The molecule has 2 aromatic heterocycles. The van der Waals surface area contributed by atoms with Crippen molar-refractivity contribution < 1.29 is 9.15 Å². The van der Waals surface area contributed by atoms with E-state index in [1.807, 2.05) is 18.2 Å². The Bertz CT molecular complexity index is 1310. The van der Waals surface area contributed by atoms with Gasteiger partial charge >= 0.3 is 0 Å². The number of piperazine rings is 1. The number of imidazole rings is 1. The van der Waals surface area contributed by atoms with Crippen molar-refractivity contribution in [2.45, 2.75) is 26.7 Å². The highest BCUT2D eigenvalue weighted by Crippen LogP contribution is 2.27. The van der Waals surface area contributed by atoms with Crippen molar-refractivity contribution in [1.82, 2.24) is 24.8 Å². The Morgan fingerprint density at radius 3 is 2.68 bits per heavy atom. The summed E-state index contributed by atoms with van der Waals surface area (Å²) in [4.78, 5) is 17.8. The predicted molar refractivity (Wildman–Crippen MR) is 151 cm³/mol. The fourth-order valence-electron chi connectivity index (χ4n) is 4.44. The summed E-state index contributed by atoms with van der Waals surface area (Å²) in [7, 11) is 2.19. The number of aromatic nitrogens is 3.